The second-order valence-corrected chi connectivity index (χ2v) is 9.42. The summed E-state index contributed by atoms with van der Waals surface area (Å²) in [6.45, 7) is 7.14. The Morgan fingerprint density at radius 1 is 1.03 bits per heavy atom. The first-order valence-corrected chi connectivity index (χ1v) is 12.2. The van der Waals surface area contributed by atoms with E-state index < -0.39 is 0 Å². The SMILES string of the molecule is CC(C)CCN(CC(=O)N1CCN(c2ccc(-c3ccccc3Cl)nn2)CC1)C(=O)c1ccco1. The van der Waals surface area contributed by atoms with Gasteiger partial charge in [-0.05, 0) is 42.7 Å². The Morgan fingerprint density at radius 3 is 2.43 bits per heavy atom. The van der Waals surface area contributed by atoms with Gasteiger partial charge in [0, 0.05) is 38.3 Å². The molecule has 1 fully saturated rings. The molecule has 0 spiro atoms. The van der Waals surface area contributed by atoms with E-state index in [1.54, 1.807) is 21.9 Å². The van der Waals surface area contributed by atoms with Gasteiger partial charge in [-0.25, -0.2) is 0 Å². The highest BCUT2D eigenvalue weighted by Gasteiger charge is 2.27. The zero-order chi connectivity index (χ0) is 24.8. The fraction of sp³-hybridized carbons (Fsp3) is 0.385. The summed E-state index contributed by atoms with van der Waals surface area (Å²) in [6.07, 6.45) is 2.29. The Morgan fingerprint density at radius 2 is 1.80 bits per heavy atom. The second kappa shape index (κ2) is 11.4. The van der Waals surface area contributed by atoms with E-state index in [9.17, 15) is 9.59 Å². The van der Waals surface area contributed by atoms with E-state index in [4.69, 9.17) is 16.0 Å². The largest absolute Gasteiger partial charge is 0.459 e. The van der Waals surface area contributed by atoms with Gasteiger partial charge < -0.3 is 19.1 Å². The van der Waals surface area contributed by atoms with Gasteiger partial charge in [0.15, 0.2) is 11.6 Å². The number of halogens is 1. The van der Waals surface area contributed by atoms with Crippen LogP contribution in [0.3, 0.4) is 0 Å². The Labute approximate surface area is 210 Å². The van der Waals surface area contributed by atoms with Crippen molar-refractivity contribution in [1.82, 2.24) is 20.0 Å². The molecule has 0 aliphatic carbocycles. The van der Waals surface area contributed by atoms with Gasteiger partial charge in [0.1, 0.15) is 6.54 Å². The molecule has 4 rings (SSSR count). The number of piperazine rings is 1. The predicted octanol–water partition coefficient (Wildman–Crippen LogP) is 4.23. The number of benzene rings is 1. The van der Waals surface area contributed by atoms with E-state index in [0.29, 0.717) is 43.7 Å². The third-order valence-corrected chi connectivity index (χ3v) is 6.41. The summed E-state index contributed by atoms with van der Waals surface area (Å²) in [6, 6.07) is 14.7. The Hall–Kier alpha value is -3.39. The number of carbonyl (C=O) groups is 2. The van der Waals surface area contributed by atoms with Crippen LogP contribution in [0.2, 0.25) is 5.02 Å². The molecule has 0 atom stereocenters. The highest BCUT2D eigenvalue weighted by atomic mass is 35.5. The number of furan rings is 1. The third kappa shape index (κ3) is 6.19. The van der Waals surface area contributed by atoms with Crippen molar-refractivity contribution in [3.8, 4) is 11.3 Å². The molecule has 2 aromatic heterocycles. The molecule has 0 saturated carbocycles. The van der Waals surface area contributed by atoms with Crippen LogP contribution >= 0.6 is 11.6 Å². The lowest BCUT2D eigenvalue weighted by Gasteiger charge is -2.36. The molecular weight excluding hydrogens is 466 g/mol. The lowest BCUT2D eigenvalue weighted by molar-refractivity contribution is -0.132. The van der Waals surface area contributed by atoms with Crippen LogP contribution in [0.25, 0.3) is 11.3 Å². The minimum atomic E-state index is -0.253. The molecule has 184 valence electrons. The van der Waals surface area contributed by atoms with Crippen molar-refractivity contribution in [1.29, 1.82) is 0 Å². The van der Waals surface area contributed by atoms with Crippen LogP contribution in [0.1, 0.15) is 30.8 Å². The van der Waals surface area contributed by atoms with Crippen molar-refractivity contribution in [3.05, 3.63) is 65.6 Å². The van der Waals surface area contributed by atoms with E-state index in [1.165, 1.54) is 6.26 Å². The quantitative estimate of drug-likeness (QED) is 0.465. The number of aromatic nitrogens is 2. The number of nitrogens with zero attached hydrogens (tertiary/aromatic N) is 5. The predicted molar refractivity (Wildman–Crippen MR) is 135 cm³/mol. The van der Waals surface area contributed by atoms with Crippen LogP contribution in [-0.2, 0) is 4.79 Å². The zero-order valence-electron chi connectivity index (χ0n) is 20.1. The molecule has 2 amide bonds. The van der Waals surface area contributed by atoms with Crippen molar-refractivity contribution in [3.63, 3.8) is 0 Å². The molecular formula is C26H30ClN5O3. The highest BCUT2D eigenvalue weighted by Crippen LogP contribution is 2.26. The zero-order valence-corrected chi connectivity index (χ0v) is 20.8. The van der Waals surface area contributed by atoms with Gasteiger partial charge in [-0.15, -0.1) is 10.2 Å². The molecule has 1 aliphatic heterocycles. The average Bonchev–Trinajstić information content (AvgIpc) is 3.42. The summed E-state index contributed by atoms with van der Waals surface area (Å²) in [5, 5.41) is 9.36. The molecule has 1 aromatic carbocycles. The summed E-state index contributed by atoms with van der Waals surface area (Å²) in [4.78, 5) is 31.4. The van der Waals surface area contributed by atoms with Crippen molar-refractivity contribution >= 4 is 29.2 Å². The Balaban J connectivity index is 1.34. The van der Waals surface area contributed by atoms with Gasteiger partial charge in [-0.2, -0.15) is 0 Å². The molecule has 1 aliphatic rings. The molecule has 0 radical (unpaired) electrons. The molecule has 0 bridgehead atoms. The monoisotopic (exact) mass is 495 g/mol. The Kier molecular flexibility index (Phi) is 8.02. The first-order chi connectivity index (χ1) is 16.9. The van der Waals surface area contributed by atoms with Crippen molar-refractivity contribution in [2.75, 3.05) is 44.2 Å². The summed E-state index contributed by atoms with van der Waals surface area (Å²) >= 11 is 6.27. The van der Waals surface area contributed by atoms with Crippen LogP contribution in [0.5, 0.6) is 0 Å². The molecule has 8 nitrogen and oxygen atoms in total. The molecule has 0 unspecified atom stereocenters. The smallest absolute Gasteiger partial charge is 0.290 e. The van der Waals surface area contributed by atoms with Crippen molar-refractivity contribution in [2.24, 2.45) is 5.92 Å². The topological polar surface area (TPSA) is 82.8 Å². The highest BCUT2D eigenvalue weighted by molar-refractivity contribution is 6.33. The molecule has 1 saturated heterocycles. The normalized spacial score (nSPS) is 13.8. The number of amides is 2. The maximum absolute atomic E-state index is 13.0. The molecule has 35 heavy (non-hydrogen) atoms. The minimum Gasteiger partial charge on any atom is -0.459 e. The summed E-state index contributed by atoms with van der Waals surface area (Å²) < 4.78 is 5.27. The fourth-order valence-electron chi connectivity index (χ4n) is 3.98. The standard InChI is InChI=1S/C26H30ClN5O3/c1-19(2)11-12-32(26(34)23-8-5-17-35-23)18-25(33)31-15-13-30(14-16-31)24-10-9-22(28-29-24)20-6-3-4-7-21(20)27/h3-10,17,19H,11-16,18H2,1-2H3. The van der Waals surface area contributed by atoms with E-state index in [2.05, 4.69) is 28.9 Å². The van der Waals surface area contributed by atoms with Gasteiger partial charge in [0.25, 0.3) is 5.91 Å². The van der Waals surface area contributed by atoms with E-state index in [1.807, 2.05) is 36.4 Å². The molecule has 0 N–H and O–H groups in total. The maximum atomic E-state index is 13.0. The average molecular weight is 496 g/mol. The minimum absolute atomic E-state index is 0.0403. The molecule has 3 heterocycles. The summed E-state index contributed by atoms with van der Waals surface area (Å²) in [7, 11) is 0. The summed E-state index contributed by atoms with van der Waals surface area (Å²) in [5.74, 6) is 1.13. The Bertz CT molecular complexity index is 1130. The maximum Gasteiger partial charge on any atom is 0.290 e. The third-order valence-electron chi connectivity index (χ3n) is 6.08. The van der Waals surface area contributed by atoms with Crippen LogP contribution in [0.4, 0.5) is 5.82 Å². The van der Waals surface area contributed by atoms with Crippen molar-refractivity contribution < 1.29 is 14.0 Å². The van der Waals surface area contributed by atoms with Crippen LogP contribution in [-0.4, -0.2) is 71.1 Å². The van der Waals surface area contributed by atoms with E-state index in [0.717, 1.165) is 23.5 Å². The number of carbonyl (C=O) groups excluding carboxylic acids is 2. The fourth-order valence-corrected chi connectivity index (χ4v) is 4.21. The van der Waals surface area contributed by atoms with Crippen LogP contribution in [0.15, 0.2) is 59.2 Å². The number of rotatable bonds is 8. The van der Waals surface area contributed by atoms with Crippen LogP contribution in [0, 0.1) is 5.92 Å². The lowest BCUT2D eigenvalue weighted by Crippen LogP contribution is -2.52. The van der Waals surface area contributed by atoms with Crippen molar-refractivity contribution in [2.45, 2.75) is 20.3 Å². The summed E-state index contributed by atoms with van der Waals surface area (Å²) in [5.41, 5.74) is 1.56. The van der Waals surface area contributed by atoms with Gasteiger partial charge in [0.05, 0.1) is 17.0 Å². The number of anilines is 1. The lowest BCUT2D eigenvalue weighted by atomic mass is 10.1. The number of hydrogen-bond acceptors (Lipinski definition) is 6. The van der Waals surface area contributed by atoms with Gasteiger partial charge in [-0.1, -0.05) is 43.6 Å². The van der Waals surface area contributed by atoms with Gasteiger partial charge in [0.2, 0.25) is 5.91 Å². The first-order valence-electron chi connectivity index (χ1n) is 11.9. The first kappa shape index (κ1) is 24.7. The van der Waals surface area contributed by atoms with Crippen LogP contribution < -0.4 is 4.90 Å². The van der Waals surface area contributed by atoms with E-state index in [-0.39, 0.29) is 24.1 Å². The number of hydrogen-bond donors (Lipinski definition) is 0. The molecule has 3 aromatic rings. The molecule has 9 heteroatoms. The van der Waals surface area contributed by atoms with Gasteiger partial charge >= 0.3 is 0 Å². The van der Waals surface area contributed by atoms with Gasteiger partial charge in [-0.3, -0.25) is 9.59 Å². The second-order valence-electron chi connectivity index (χ2n) is 9.01. The van der Waals surface area contributed by atoms with E-state index >= 15 is 0 Å².